The fourth-order valence-electron chi connectivity index (χ4n) is 7.61. The number of aliphatic hydroxyl groups is 1. The van der Waals surface area contributed by atoms with Crippen LogP contribution < -0.4 is 0 Å². The van der Waals surface area contributed by atoms with Gasteiger partial charge in [0.2, 0.25) is 0 Å². The molecule has 0 amide bonds. The van der Waals surface area contributed by atoms with Gasteiger partial charge in [0.15, 0.2) is 6.29 Å². The van der Waals surface area contributed by atoms with Gasteiger partial charge in [-0.15, -0.1) is 0 Å². The van der Waals surface area contributed by atoms with Crippen LogP contribution in [0.3, 0.4) is 0 Å². The third kappa shape index (κ3) is 2.09. The molecule has 148 valence electrons. The summed E-state index contributed by atoms with van der Waals surface area (Å²) in [5, 5.41) is 11.1. The quantitative estimate of drug-likeness (QED) is 0.707. The van der Waals surface area contributed by atoms with Gasteiger partial charge < -0.3 is 19.3 Å². The van der Waals surface area contributed by atoms with E-state index in [-0.39, 0.29) is 42.4 Å². The van der Waals surface area contributed by atoms with E-state index >= 15 is 0 Å². The maximum Gasteiger partial charge on any atom is 0.331 e. The molecule has 2 heterocycles. The molecule has 1 N–H and O–H groups in total. The maximum atomic E-state index is 12.8. The number of ether oxygens (including phenoxy) is 3. The number of methoxy groups -OCH3 is 1. The summed E-state index contributed by atoms with van der Waals surface area (Å²) in [7, 11) is 1.45. The number of hydrogen-bond donors (Lipinski definition) is 1. The average Bonchev–Trinajstić information content (AvgIpc) is 3.04. The van der Waals surface area contributed by atoms with Gasteiger partial charge in [0.25, 0.3) is 0 Å². The van der Waals surface area contributed by atoms with Crippen LogP contribution >= 0.6 is 0 Å². The minimum atomic E-state index is -0.872. The first kappa shape index (κ1) is 17.7. The van der Waals surface area contributed by atoms with Gasteiger partial charge in [-0.1, -0.05) is 13.3 Å². The predicted octanol–water partition coefficient (Wildman–Crippen LogP) is 2.20. The van der Waals surface area contributed by atoms with E-state index in [0.29, 0.717) is 5.92 Å². The van der Waals surface area contributed by atoms with Crippen molar-refractivity contribution in [3.05, 3.63) is 11.6 Å². The maximum absolute atomic E-state index is 12.8. The Labute approximate surface area is 159 Å². The monoisotopic (exact) mass is 376 g/mol. The van der Waals surface area contributed by atoms with Gasteiger partial charge in [0.1, 0.15) is 6.10 Å². The average molecular weight is 376 g/mol. The van der Waals surface area contributed by atoms with Crippen LogP contribution in [0.1, 0.15) is 45.4 Å². The zero-order chi connectivity index (χ0) is 19.0. The number of hydrogen-bond acceptors (Lipinski definition) is 6. The van der Waals surface area contributed by atoms with Crippen molar-refractivity contribution in [1.82, 2.24) is 0 Å². The minimum Gasteiger partial charge on any atom is -0.469 e. The summed E-state index contributed by atoms with van der Waals surface area (Å²) in [5.74, 6) is 0.424. The molecule has 4 fully saturated rings. The van der Waals surface area contributed by atoms with E-state index in [4.69, 9.17) is 14.2 Å². The van der Waals surface area contributed by atoms with Crippen LogP contribution in [0.4, 0.5) is 0 Å². The van der Waals surface area contributed by atoms with Crippen molar-refractivity contribution in [2.45, 2.75) is 57.8 Å². The SMILES string of the molecule is COC(=O)[C@@]12CCC[C@]3([C@H](O)OC1)[C@H]1C[C@H]4OC(=O)C=C4[C@H](C)[C@@H]1CC[C@@H]23. The molecule has 2 aliphatic heterocycles. The molecule has 1 saturated heterocycles. The summed E-state index contributed by atoms with van der Waals surface area (Å²) in [6.45, 7) is 2.42. The molecule has 27 heavy (non-hydrogen) atoms. The molecule has 0 unspecified atom stereocenters. The molecule has 6 nitrogen and oxygen atoms in total. The second-order valence-electron chi connectivity index (χ2n) is 9.27. The molecule has 0 aromatic rings. The first-order valence-corrected chi connectivity index (χ1v) is 10.2. The van der Waals surface area contributed by atoms with E-state index in [0.717, 1.165) is 44.1 Å². The molecule has 3 saturated carbocycles. The third-order valence-electron chi connectivity index (χ3n) is 8.65. The van der Waals surface area contributed by atoms with Gasteiger partial charge in [-0.2, -0.15) is 0 Å². The summed E-state index contributed by atoms with van der Waals surface area (Å²) in [6, 6.07) is 0. The summed E-state index contributed by atoms with van der Waals surface area (Å²) in [6.07, 6.45) is 5.73. The van der Waals surface area contributed by atoms with Gasteiger partial charge in [0, 0.05) is 11.5 Å². The van der Waals surface area contributed by atoms with E-state index in [9.17, 15) is 14.7 Å². The molecule has 0 aromatic carbocycles. The van der Waals surface area contributed by atoms with Crippen LogP contribution in [0.5, 0.6) is 0 Å². The van der Waals surface area contributed by atoms with Crippen molar-refractivity contribution in [2.24, 2.45) is 34.5 Å². The lowest BCUT2D eigenvalue weighted by atomic mass is 9.41. The first-order valence-electron chi connectivity index (χ1n) is 10.2. The summed E-state index contributed by atoms with van der Waals surface area (Å²) < 4.78 is 16.7. The Morgan fingerprint density at radius 2 is 2.15 bits per heavy atom. The lowest BCUT2D eigenvalue weighted by Crippen LogP contribution is -2.68. The lowest BCUT2D eigenvalue weighted by Gasteiger charge is -2.66. The first-order chi connectivity index (χ1) is 12.9. The van der Waals surface area contributed by atoms with E-state index in [1.165, 1.54) is 7.11 Å². The molecule has 6 heteroatoms. The van der Waals surface area contributed by atoms with E-state index in [1.54, 1.807) is 6.08 Å². The summed E-state index contributed by atoms with van der Waals surface area (Å²) >= 11 is 0. The Balaban J connectivity index is 1.59. The second-order valence-corrected chi connectivity index (χ2v) is 9.27. The highest BCUT2D eigenvalue weighted by Crippen LogP contribution is 2.69. The molecule has 5 rings (SSSR count). The molecular formula is C21H28O6. The normalized spacial score (nSPS) is 50.6. The molecule has 0 radical (unpaired) electrons. The van der Waals surface area contributed by atoms with Crippen LogP contribution in [0.25, 0.3) is 0 Å². The number of esters is 2. The van der Waals surface area contributed by atoms with Crippen molar-refractivity contribution < 1.29 is 28.9 Å². The fourth-order valence-corrected chi connectivity index (χ4v) is 7.61. The van der Waals surface area contributed by atoms with Crippen LogP contribution in [0.2, 0.25) is 0 Å². The topological polar surface area (TPSA) is 82.1 Å². The second kappa shape index (κ2) is 5.80. The standard InChI is InChI=1S/C21H28O6/c1-11-12-4-5-16-20(18(23)25-2)6-3-7-21(16,19(24)26-10-20)14(12)9-15-13(11)8-17(22)27-15/h8,11-12,14-16,19,24H,3-7,9-10H2,1-2H3/t11-,12+,14+,15-,16+,19-,20+,21+/m1/s1. The molecule has 8 atom stereocenters. The Morgan fingerprint density at radius 1 is 1.33 bits per heavy atom. The van der Waals surface area contributed by atoms with Crippen LogP contribution in [0, 0.1) is 34.5 Å². The predicted molar refractivity (Wildman–Crippen MR) is 94.1 cm³/mol. The third-order valence-corrected chi connectivity index (χ3v) is 8.65. The van der Waals surface area contributed by atoms with Gasteiger partial charge >= 0.3 is 11.9 Å². The van der Waals surface area contributed by atoms with Gasteiger partial charge in [0.05, 0.1) is 19.1 Å². The van der Waals surface area contributed by atoms with Gasteiger partial charge in [-0.3, -0.25) is 4.79 Å². The number of carbonyl (C=O) groups is 2. The van der Waals surface area contributed by atoms with Gasteiger partial charge in [-0.25, -0.2) is 4.79 Å². The van der Waals surface area contributed by atoms with Crippen molar-refractivity contribution in [3.63, 3.8) is 0 Å². The highest BCUT2D eigenvalue weighted by Gasteiger charge is 2.70. The highest BCUT2D eigenvalue weighted by molar-refractivity contribution is 5.86. The largest absolute Gasteiger partial charge is 0.469 e. The summed E-state index contributed by atoms with van der Waals surface area (Å²) in [4.78, 5) is 24.7. The molecule has 3 aliphatic carbocycles. The summed E-state index contributed by atoms with van der Waals surface area (Å²) in [5.41, 5.74) is 0.00281. The van der Waals surface area contributed by atoms with Crippen LogP contribution in [-0.2, 0) is 23.8 Å². The van der Waals surface area contributed by atoms with Crippen molar-refractivity contribution >= 4 is 11.9 Å². The zero-order valence-corrected chi connectivity index (χ0v) is 16.0. The highest BCUT2D eigenvalue weighted by atomic mass is 16.6. The minimum absolute atomic E-state index is 0.0611. The van der Waals surface area contributed by atoms with Crippen molar-refractivity contribution in [2.75, 3.05) is 13.7 Å². The number of carbonyl (C=O) groups excluding carboxylic acids is 2. The Bertz CT molecular complexity index is 715. The van der Waals surface area contributed by atoms with E-state index < -0.39 is 17.1 Å². The van der Waals surface area contributed by atoms with E-state index in [1.807, 2.05) is 0 Å². The number of rotatable bonds is 1. The Hall–Kier alpha value is -1.40. The van der Waals surface area contributed by atoms with E-state index in [2.05, 4.69) is 6.92 Å². The lowest BCUT2D eigenvalue weighted by molar-refractivity contribution is -0.322. The Morgan fingerprint density at radius 3 is 2.93 bits per heavy atom. The van der Waals surface area contributed by atoms with Gasteiger partial charge in [-0.05, 0) is 61.3 Å². The Kier molecular flexibility index (Phi) is 3.80. The number of fused-ring (bicyclic) bond motifs is 2. The molecule has 0 aromatic heterocycles. The molecule has 0 spiro atoms. The molecule has 2 bridgehead atoms. The van der Waals surface area contributed by atoms with Crippen molar-refractivity contribution in [1.29, 1.82) is 0 Å². The number of aliphatic hydroxyl groups excluding tert-OH is 1. The zero-order valence-electron chi connectivity index (χ0n) is 16.0. The van der Waals surface area contributed by atoms with Crippen molar-refractivity contribution in [3.8, 4) is 0 Å². The molecule has 5 aliphatic rings. The van der Waals surface area contributed by atoms with Crippen LogP contribution in [-0.4, -0.2) is 43.2 Å². The molecular weight excluding hydrogens is 348 g/mol. The fraction of sp³-hybridized carbons (Fsp3) is 0.810. The smallest absolute Gasteiger partial charge is 0.331 e. The van der Waals surface area contributed by atoms with Crippen LogP contribution in [0.15, 0.2) is 11.6 Å².